The molecule has 0 aromatic rings. The van der Waals surface area contributed by atoms with Gasteiger partial charge < -0.3 is 15.3 Å². The second kappa shape index (κ2) is 6.03. The molecule has 0 bridgehead atoms. The lowest BCUT2D eigenvalue weighted by molar-refractivity contribution is -0.140. The number of aliphatic carboxylic acids is 1. The fourth-order valence-electron chi connectivity index (χ4n) is 2.77. The van der Waals surface area contributed by atoms with Crippen molar-refractivity contribution in [1.29, 1.82) is 0 Å². The lowest BCUT2D eigenvalue weighted by atomic mass is 9.97. The first kappa shape index (κ1) is 15.8. The third-order valence-corrected chi connectivity index (χ3v) is 4.19. The van der Waals surface area contributed by atoms with Gasteiger partial charge in [0.25, 0.3) is 0 Å². The smallest absolute Gasteiger partial charge is 0.303 e. The molecule has 2 amide bonds. The summed E-state index contributed by atoms with van der Waals surface area (Å²) < 4.78 is 0. The topological polar surface area (TPSA) is 86.7 Å². The second-order valence-corrected chi connectivity index (χ2v) is 6.73. The first-order valence-electron chi connectivity index (χ1n) is 7.64. The SMILES string of the molecule is CC(C)(CCC(=O)O)NC(=O)C1CCCN1C(=O)C1CC1. The highest BCUT2D eigenvalue weighted by Crippen LogP contribution is 2.33. The Morgan fingerprint density at radius 2 is 1.90 bits per heavy atom. The van der Waals surface area contributed by atoms with Crippen molar-refractivity contribution in [2.75, 3.05) is 6.54 Å². The van der Waals surface area contributed by atoms with Gasteiger partial charge in [0.15, 0.2) is 0 Å². The van der Waals surface area contributed by atoms with Crippen LogP contribution in [0.3, 0.4) is 0 Å². The maximum Gasteiger partial charge on any atom is 0.303 e. The average molecular weight is 296 g/mol. The second-order valence-electron chi connectivity index (χ2n) is 6.73. The van der Waals surface area contributed by atoms with Gasteiger partial charge in [-0.05, 0) is 46.0 Å². The molecule has 1 saturated carbocycles. The predicted octanol–water partition coefficient (Wildman–Crippen LogP) is 1.15. The fraction of sp³-hybridized carbons (Fsp3) is 0.800. The van der Waals surface area contributed by atoms with E-state index in [1.54, 1.807) is 4.90 Å². The molecule has 21 heavy (non-hydrogen) atoms. The third-order valence-electron chi connectivity index (χ3n) is 4.19. The molecular formula is C15H24N2O4. The normalized spacial score (nSPS) is 22.2. The Bertz CT molecular complexity index is 443. The van der Waals surface area contributed by atoms with Crippen molar-refractivity contribution in [1.82, 2.24) is 10.2 Å². The van der Waals surface area contributed by atoms with E-state index in [9.17, 15) is 14.4 Å². The third kappa shape index (κ3) is 4.19. The van der Waals surface area contributed by atoms with Gasteiger partial charge in [-0.2, -0.15) is 0 Å². The van der Waals surface area contributed by atoms with Crippen LogP contribution >= 0.6 is 0 Å². The molecule has 2 rings (SSSR count). The summed E-state index contributed by atoms with van der Waals surface area (Å²) >= 11 is 0. The summed E-state index contributed by atoms with van der Waals surface area (Å²) in [7, 11) is 0. The minimum absolute atomic E-state index is 0.0165. The molecule has 2 N–H and O–H groups in total. The molecule has 0 aromatic carbocycles. The summed E-state index contributed by atoms with van der Waals surface area (Å²) in [4.78, 5) is 36.9. The van der Waals surface area contributed by atoms with Crippen molar-refractivity contribution in [3.8, 4) is 0 Å². The molecule has 118 valence electrons. The number of rotatable bonds is 6. The van der Waals surface area contributed by atoms with Crippen molar-refractivity contribution in [3.05, 3.63) is 0 Å². The Labute approximate surface area is 124 Å². The summed E-state index contributed by atoms with van der Waals surface area (Å²) in [5.74, 6) is -0.796. The van der Waals surface area contributed by atoms with Crippen LogP contribution in [-0.2, 0) is 14.4 Å². The zero-order valence-electron chi connectivity index (χ0n) is 12.7. The van der Waals surface area contributed by atoms with Gasteiger partial charge in [0.1, 0.15) is 6.04 Å². The fourth-order valence-corrected chi connectivity index (χ4v) is 2.77. The Kier molecular flexibility index (Phi) is 4.54. The summed E-state index contributed by atoms with van der Waals surface area (Å²) in [6.07, 6.45) is 3.81. The Hall–Kier alpha value is -1.59. The number of nitrogens with one attached hydrogen (secondary N) is 1. The van der Waals surface area contributed by atoms with E-state index >= 15 is 0 Å². The van der Waals surface area contributed by atoms with Crippen LogP contribution in [0.25, 0.3) is 0 Å². The molecule has 1 saturated heterocycles. The molecule has 2 aliphatic rings. The molecule has 1 atom stereocenters. The highest BCUT2D eigenvalue weighted by atomic mass is 16.4. The largest absolute Gasteiger partial charge is 0.481 e. The van der Waals surface area contributed by atoms with Crippen molar-refractivity contribution >= 4 is 17.8 Å². The zero-order valence-corrected chi connectivity index (χ0v) is 12.7. The van der Waals surface area contributed by atoms with Crippen molar-refractivity contribution in [2.45, 2.75) is 64.0 Å². The monoisotopic (exact) mass is 296 g/mol. The van der Waals surface area contributed by atoms with E-state index in [-0.39, 0.29) is 30.2 Å². The molecule has 6 heteroatoms. The van der Waals surface area contributed by atoms with Crippen molar-refractivity contribution in [2.24, 2.45) is 5.92 Å². The van der Waals surface area contributed by atoms with Gasteiger partial charge in [-0.3, -0.25) is 14.4 Å². The number of likely N-dealkylation sites (tertiary alicyclic amines) is 1. The van der Waals surface area contributed by atoms with Gasteiger partial charge >= 0.3 is 5.97 Å². The molecule has 1 aliphatic carbocycles. The number of carbonyl (C=O) groups excluding carboxylic acids is 2. The van der Waals surface area contributed by atoms with Gasteiger partial charge in [-0.15, -0.1) is 0 Å². The van der Waals surface area contributed by atoms with Gasteiger partial charge in [0.05, 0.1) is 0 Å². The molecule has 0 spiro atoms. The lowest BCUT2D eigenvalue weighted by Crippen LogP contribution is -2.52. The predicted molar refractivity (Wildman–Crippen MR) is 76.6 cm³/mol. The standard InChI is InChI=1S/C15H24N2O4/c1-15(2,8-7-12(18)19)16-13(20)11-4-3-9-17(11)14(21)10-5-6-10/h10-11H,3-9H2,1-2H3,(H,16,20)(H,18,19). The van der Waals surface area contributed by atoms with Gasteiger partial charge in [0.2, 0.25) is 11.8 Å². The molecular weight excluding hydrogens is 272 g/mol. The van der Waals surface area contributed by atoms with E-state index in [2.05, 4.69) is 5.32 Å². The number of hydrogen-bond donors (Lipinski definition) is 2. The molecule has 1 heterocycles. The molecule has 1 unspecified atom stereocenters. The number of nitrogens with zero attached hydrogens (tertiary/aromatic N) is 1. The van der Waals surface area contributed by atoms with E-state index in [1.807, 2.05) is 13.8 Å². The van der Waals surface area contributed by atoms with E-state index < -0.39 is 11.5 Å². The van der Waals surface area contributed by atoms with Gasteiger partial charge in [-0.25, -0.2) is 0 Å². The Balaban J connectivity index is 1.91. The summed E-state index contributed by atoms with van der Waals surface area (Å²) in [5, 5.41) is 11.6. The summed E-state index contributed by atoms with van der Waals surface area (Å²) in [5.41, 5.74) is -0.577. The van der Waals surface area contributed by atoms with Crippen molar-refractivity contribution in [3.63, 3.8) is 0 Å². The van der Waals surface area contributed by atoms with Crippen LogP contribution in [0.2, 0.25) is 0 Å². The van der Waals surface area contributed by atoms with Gasteiger partial charge in [0, 0.05) is 24.4 Å². The average Bonchev–Trinajstić information content (AvgIpc) is 3.12. The number of carbonyl (C=O) groups is 3. The lowest BCUT2D eigenvalue weighted by Gasteiger charge is -2.30. The first-order valence-corrected chi connectivity index (χ1v) is 7.64. The number of hydrogen-bond acceptors (Lipinski definition) is 3. The van der Waals surface area contributed by atoms with E-state index in [0.29, 0.717) is 19.4 Å². The van der Waals surface area contributed by atoms with E-state index in [0.717, 1.165) is 19.3 Å². The van der Waals surface area contributed by atoms with E-state index in [4.69, 9.17) is 5.11 Å². The van der Waals surface area contributed by atoms with E-state index in [1.165, 1.54) is 0 Å². The first-order chi connectivity index (χ1) is 9.80. The van der Waals surface area contributed by atoms with Crippen LogP contribution in [0.5, 0.6) is 0 Å². The number of amides is 2. The Morgan fingerprint density at radius 1 is 1.24 bits per heavy atom. The van der Waals surface area contributed by atoms with Crippen LogP contribution in [0.4, 0.5) is 0 Å². The summed E-state index contributed by atoms with van der Waals surface area (Å²) in [6.45, 7) is 4.29. The molecule has 6 nitrogen and oxygen atoms in total. The maximum absolute atomic E-state index is 12.4. The summed E-state index contributed by atoms with van der Waals surface area (Å²) in [6, 6.07) is -0.387. The molecule has 1 aliphatic heterocycles. The van der Waals surface area contributed by atoms with Crippen LogP contribution in [0.15, 0.2) is 0 Å². The zero-order chi connectivity index (χ0) is 15.6. The molecule has 0 radical (unpaired) electrons. The van der Waals surface area contributed by atoms with Gasteiger partial charge in [-0.1, -0.05) is 0 Å². The molecule has 0 aromatic heterocycles. The highest BCUT2D eigenvalue weighted by molar-refractivity contribution is 5.90. The Morgan fingerprint density at radius 3 is 2.48 bits per heavy atom. The molecule has 2 fully saturated rings. The minimum Gasteiger partial charge on any atom is -0.481 e. The van der Waals surface area contributed by atoms with Crippen molar-refractivity contribution < 1.29 is 19.5 Å². The van der Waals surface area contributed by atoms with Crippen LogP contribution in [0, 0.1) is 5.92 Å². The van der Waals surface area contributed by atoms with Crippen LogP contribution in [-0.4, -0.2) is 45.9 Å². The quantitative estimate of drug-likeness (QED) is 0.769. The number of carboxylic acid groups (broad SMARTS) is 1. The minimum atomic E-state index is -0.872. The maximum atomic E-state index is 12.4. The number of carboxylic acids is 1. The highest BCUT2D eigenvalue weighted by Gasteiger charge is 2.41. The van der Waals surface area contributed by atoms with Crippen LogP contribution < -0.4 is 5.32 Å². The van der Waals surface area contributed by atoms with Crippen LogP contribution in [0.1, 0.15) is 52.4 Å².